The van der Waals surface area contributed by atoms with Crippen LogP contribution in [0.15, 0.2) is 16.3 Å². The van der Waals surface area contributed by atoms with E-state index in [1.54, 1.807) is 13.1 Å². The van der Waals surface area contributed by atoms with Crippen molar-refractivity contribution in [3.05, 3.63) is 17.0 Å². The number of nitrogens with zero attached hydrogens (tertiary/aromatic N) is 1. The first-order chi connectivity index (χ1) is 8.54. The summed E-state index contributed by atoms with van der Waals surface area (Å²) in [5, 5.41) is 3.20. The molecule has 1 N–H and O–H groups in total. The molecule has 4 nitrogen and oxygen atoms in total. The first-order valence-electron chi connectivity index (χ1n) is 6.29. The molecule has 0 atom stereocenters. The average molecular weight is 288 g/mol. The van der Waals surface area contributed by atoms with Gasteiger partial charge in [-0.3, -0.25) is 0 Å². The fourth-order valence-corrected chi connectivity index (χ4v) is 4.54. The molecule has 0 aromatic carbocycles. The van der Waals surface area contributed by atoms with Crippen LogP contribution in [0, 0.1) is 5.92 Å². The summed E-state index contributed by atoms with van der Waals surface area (Å²) >= 11 is 1.36. The van der Waals surface area contributed by atoms with Gasteiger partial charge in [0.15, 0.2) is 0 Å². The van der Waals surface area contributed by atoms with Crippen LogP contribution in [0.1, 0.15) is 24.6 Å². The molecule has 0 unspecified atom stereocenters. The van der Waals surface area contributed by atoms with Crippen molar-refractivity contribution in [1.82, 2.24) is 9.62 Å². The molecule has 0 bridgehead atoms. The second kappa shape index (κ2) is 5.69. The van der Waals surface area contributed by atoms with Gasteiger partial charge in [-0.05, 0) is 37.4 Å². The van der Waals surface area contributed by atoms with Crippen molar-refractivity contribution in [2.75, 3.05) is 20.1 Å². The van der Waals surface area contributed by atoms with Crippen LogP contribution in [0.25, 0.3) is 0 Å². The summed E-state index contributed by atoms with van der Waals surface area (Å²) in [5.74, 6) is 0.575. The summed E-state index contributed by atoms with van der Waals surface area (Å²) < 4.78 is 26.5. The van der Waals surface area contributed by atoms with Crippen molar-refractivity contribution in [1.29, 1.82) is 0 Å². The number of hydrogen-bond acceptors (Lipinski definition) is 4. The highest BCUT2D eigenvalue weighted by atomic mass is 32.2. The SMILES string of the molecule is CCNCc1ccc(S(=O)(=O)N(C)CC2CC2)s1. The zero-order valence-corrected chi connectivity index (χ0v) is 12.5. The highest BCUT2D eigenvalue weighted by Crippen LogP contribution is 2.32. The van der Waals surface area contributed by atoms with Gasteiger partial charge in [-0.25, -0.2) is 8.42 Å². The Kier molecular flexibility index (Phi) is 4.42. The summed E-state index contributed by atoms with van der Waals surface area (Å²) in [6.45, 7) is 4.32. The number of rotatable bonds is 7. The van der Waals surface area contributed by atoms with E-state index in [2.05, 4.69) is 5.32 Å². The lowest BCUT2D eigenvalue weighted by Crippen LogP contribution is -2.28. The van der Waals surface area contributed by atoms with Gasteiger partial charge < -0.3 is 5.32 Å². The molecule has 1 fully saturated rings. The fourth-order valence-electron chi connectivity index (χ4n) is 1.76. The first-order valence-corrected chi connectivity index (χ1v) is 8.55. The highest BCUT2D eigenvalue weighted by molar-refractivity contribution is 7.91. The van der Waals surface area contributed by atoms with Gasteiger partial charge in [0.25, 0.3) is 10.0 Å². The maximum atomic E-state index is 12.3. The number of sulfonamides is 1. The standard InChI is InChI=1S/C12H20N2O2S2/c1-3-13-8-11-6-7-12(17-11)18(15,16)14(2)9-10-4-5-10/h6-7,10,13H,3-5,8-9H2,1-2H3. The largest absolute Gasteiger partial charge is 0.312 e. The Morgan fingerprint density at radius 1 is 1.44 bits per heavy atom. The maximum absolute atomic E-state index is 12.3. The summed E-state index contributed by atoms with van der Waals surface area (Å²) in [4.78, 5) is 1.07. The van der Waals surface area contributed by atoms with Crippen molar-refractivity contribution in [2.45, 2.75) is 30.5 Å². The minimum atomic E-state index is -3.27. The molecule has 6 heteroatoms. The van der Waals surface area contributed by atoms with Gasteiger partial charge in [0.1, 0.15) is 4.21 Å². The number of thiophene rings is 1. The van der Waals surface area contributed by atoms with Gasteiger partial charge in [0, 0.05) is 25.0 Å². The summed E-state index contributed by atoms with van der Waals surface area (Å²) in [6, 6.07) is 3.61. The Balaban J connectivity index is 2.05. The predicted octanol–water partition coefficient (Wildman–Crippen LogP) is 1.89. The topological polar surface area (TPSA) is 49.4 Å². The normalized spacial score (nSPS) is 16.4. The second-order valence-corrected chi connectivity index (χ2v) is 8.17. The molecule has 1 aromatic rings. The molecule has 1 heterocycles. The summed E-state index contributed by atoms with van der Waals surface area (Å²) in [5.41, 5.74) is 0. The van der Waals surface area contributed by atoms with Crippen molar-refractivity contribution in [3.63, 3.8) is 0 Å². The smallest absolute Gasteiger partial charge is 0.252 e. The lowest BCUT2D eigenvalue weighted by molar-refractivity contribution is 0.454. The summed E-state index contributed by atoms with van der Waals surface area (Å²) in [7, 11) is -1.60. The zero-order chi connectivity index (χ0) is 13.2. The molecule has 0 saturated heterocycles. The van der Waals surface area contributed by atoms with E-state index in [1.807, 2.05) is 13.0 Å². The molecule has 0 spiro atoms. The monoisotopic (exact) mass is 288 g/mol. The van der Waals surface area contributed by atoms with Crippen molar-refractivity contribution >= 4 is 21.4 Å². The Morgan fingerprint density at radius 3 is 2.78 bits per heavy atom. The Bertz CT molecular complexity index is 492. The Morgan fingerprint density at radius 2 is 2.17 bits per heavy atom. The summed E-state index contributed by atoms with van der Waals surface area (Å²) in [6.07, 6.45) is 2.33. The van der Waals surface area contributed by atoms with Crippen LogP contribution in [-0.2, 0) is 16.6 Å². The minimum Gasteiger partial charge on any atom is -0.312 e. The van der Waals surface area contributed by atoms with Crippen LogP contribution < -0.4 is 5.32 Å². The maximum Gasteiger partial charge on any atom is 0.252 e. The van der Waals surface area contributed by atoms with E-state index in [1.165, 1.54) is 15.6 Å². The van der Waals surface area contributed by atoms with E-state index in [9.17, 15) is 8.42 Å². The molecule has 18 heavy (non-hydrogen) atoms. The Hall–Kier alpha value is -0.430. The van der Waals surface area contributed by atoms with Gasteiger partial charge >= 0.3 is 0 Å². The van der Waals surface area contributed by atoms with Crippen molar-refractivity contribution in [2.24, 2.45) is 5.92 Å². The van der Waals surface area contributed by atoms with Crippen LogP contribution in [0.2, 0.25) is 0 Å². The van der Waals surface area contributed by atoms with E-state index in [0.29, 0.717) is 16.7 Å². The quantitative estimate of drug-likeness (QED) is 0.833. The zero-order valence-electron chi connectivity index (χ0n) is 10.8. The lowest BCUT2D eigenvalue weighted by Gasteiger charge is -2.15. The van der Waals surface area contributed by atoms with Crippen LogP contribution in [0.4, 0.5) is 0 Å². The average Bonchev–Trinajstić information content (AvgIpc) is 3.01. The van der Waals surface area contributed by atoms with Crippen LogP contribution >= 0.6 is 11.3 Å². The van der Waals surface area contributed by atoms with Crippen molar-refractivity contribution in [3.8, 4) is 0 Å². The number of hydrogen-bond donors (Lipinski definition) is 1. The molecular formula is C12H20N2O2S2. The molecule has 1 aromatic heterocycles. The van der Waals surface area contributed by atoms with Crippen LogP contribution in [0.5, 0.6) is 0 Å². The molecule has 0 amide bonds. The van der Waals surface area contributed by atoms with E-state index in [-0.39, 0.29) is 0 Å². The third kappa shape index (κ3) is 3.32. The third-order valence-electron chi connectivity index (χ3n) is 3.06. The second-order valence-electron chi connectivity index (χ2n) is 4.73. The fraction of sp³-hybridized carbons (Fsp3) is 0.667. The van der Waals surface area contributed by atoms with Crippen LogP contribution in [-0.4, -0.2) is 32.9 Å². The predicted molar refractivity (Wildman–Crippen MR) is 74.2 cm³/mol. The van der Waals surface area contributed by atoms with Gasteiger partial charge in [0.2, 0.25) is 0 Å². The third-order valence-corrected chi connectivity index (χ3v) is 6.44. The van der Waals surface area contributed by atoms with Gasteiger partial charge in [0.05, 0.1) is 0 Å². The van der Waals surface area contributed by atoms with Gasteiger partial charge in [-0.1, -0.05) is 6.92 Å². The molecule has 2 rings (SSSR count). The lowest BCUT2D eigenvalue weighted by atomic mass is 10.4. The molecule has 0 aliphatic heterocycles. The van der Waals surface area contributed by atoms with E-state index >= 15 is 0 Å². The molecule has 1 saturated carbocycles. The van der Waals surface area contributed by atoms with E-state index < -0.39 is 10.0 Å². The first kappa shape index (κ1) is 14.0. The number of nitrogens with one attached hydrogen (secondary N) is 1. The molecule has 102 valence electrons. The van der Waals surface area contributed by atoms with E-state index in [4.69, 9.17) is 0 Å². The van der Waals surface area contributed by atoms with Crippen molar-refractivity contribution < 1.29 is 8.42 Å². The van der Waals surface area contributed by atoms with Gasteiger partial charge in [-0.15, -0.1) is 11.3 Å². The highest BCUT2D eigenvalue weighted by Gasteiger charge is 2.29. The minimum absolute atomic E-state index is 0.457. The van der Waals surface area contributed by atoms with Gasteiger partial charge in [-0.2, -0.15) is 4.31 Å². The van der Waals surface area contributed by atoms with E-state index in [0.717, 1.165) is 30.8 Å². The molecule has 1 aliphatic carbocycles. The molecular weight excluding hydrogens is 268 g/mol. The van der Waals surface area contributed by atoms with Crippen LogP contribution in [0.3, 0.4) is 0 Å². The molecule has 0 radical (unpaired) electrons. The Labute approximate surface area is 113 Å². The molecule has 1 aliphatic rings.